The van der Waals surface area contributed by atoms with Crippen molar-refractivity contribution in [3.8, 4) is 5.75 Å². The van der Waals surface area contributed by atoms with Gasteiger partial charge in [-0.05, 0) is 25.1 Å². The quantitative estimate of drug-likeness (QED) is 0.394. The number of benzene rings is 2. The van der Waals surface area contributed by atoms with Crippen molar-refractivity contribution in [3.63, 3.8) is 0 Å². The van der Waals surface area contributed by atoms with Crippen LogP contribution in [0.2, 0.25) is 0 Å². The summed E-state index contributed by atoms with van der Waals surface area (Å²) in [7, 11) is 0. The number of aliphatic hydroxyl groups is 1. The van der Waals surface area contributed by atoms with Gasteiger partial charge >= 0.3 is 0 Å². The molecule has 0 bridgehead atoms. The second-order valence-corrected chi connectivity index (χ2v) is 7.93. The molecule has 1 unspecified atom stereocenters. The third-order valence-electron chi connectivity index (χ3n) is 5.92. The fourth-order valence-electron chi connectivity index (χ4n) is 4.26. The third kappa shape index (κ3) is 4.77. The second kappa shape index (κ2) is 10.1. The van der Waals surface area contributed by atoms with E-state index in [0.29, 0.717) is 37.7 Å². The Labute approximate surface area is 192 Å². The van der Waals surface area contributed by atoms with Crippen molar-refractivity contribution in [1.82, 2.24) is 9.80 Å². The molecule has 7 nitrogen and oxygen atoms in total. The van der Waals surface area contributed by atoms with Crippen molar-refractivity contribution < 1.29 is 28.6 Å². The maximum atomic E-state index is 14.9. The first-order valence-corrected chi connectivity index (χ1v) is 11.1. The van der Waals surface area contributed by atoms with Gasteiger partial charge in [0, 0.05) is 37.3 Å². The molecule has 2 aliphatic heterocycles. The predicted molar refractivity (Wildman–Crippen MR) is 120 cm³/mol. The lowest BCUT2D eigenvalue weighted by atomic mass is 9.95. The monoisotopic (exact) mass is 454 g/mol. The molecule has 0 aromatic heterocycles. The first-order valence-electron chi connectivity index (χ1n) is 11.1. The van der Waals surface area contributed by atoms with Gasteiger partial charge in [-0.15, -0.1) is 0 Å². The number of amides is 1. The molecule has 0 saturated carbocycles. The average molecular weight is 454 g/mol. The number of ketones is 1. The number of morpholine rings is 1. The highest BCUT2D eigenvalue weighted by Crippen LogP contribution is 2.40. The highest BCUT2D eigenvalue weighted by Gasteiger charge is 2.46. The Hall–Kier alpha value is -3.23. The van der Waals surface area contributed by atoms with Crippen molar-refractivity contribution in [2.24, 2.45) is 0 Å². The largest absolute Gasteiger partial charge is 0.507 e. The van der Waals surface area contributed by atoms with Crippen molar-refractivity contribution in [1.29, 1.82) is 0 Å². The summed E-state index contributed by atoms with van der Waals surface area (Å²) in [6.45, 7) is 5.66. The molecule has 4 rings (SSSR count). The number of carbonyl (C=O) groups is 2. The van der Waals surface area contributed by atoms with Gasteiger partial charge in [-0.1, -0.05) is 30.3 Å². The Morgan fingerprint density at radius 1 is 1.12 bits per heavy atom. The van der Waals surface area contributed by atoms with Crippen molar-refractivity contribution >= 4 is 17.4 Å². The fraction of sp³-hybridized carbons (Fsp3) is 0.360. The number of Topliss-reactive ketones (excluding diaryl/α,β-unsaturated/α-hetero) is 1. The molecule has 1 N–H and O–H groups in total. The molecular weight excluding hydrogens is 427 g/mol. The Kier molecular flexibility index (Phi) is 7.05. The summed E-state index contributed by atoms with van der Waals surface area (Å²) in [5.74, 6) is -1.96. The number of aliphatic hydroxyl groups excluding tert-OH is 1. The molecule has 2 aromatic rings. The molecule has 2 aliphatic rings. The number of nitrogens with zero attached hydrogens (tertiary/aromatic N) is 2. The number of hydrogen-bond donors (Lipinski definition) is 1. The lowest BCUT2D eigenvalue weighted by Gasteiger charge is -2.31. The minimum absolute atomic E-state index is 0.124. The van der Waals surface area contributed by atoms with E-state index in [9.17, 15) is 19.1 Å². The highest BCUT2D eigenvalue weighted by molar-refractivity contribution is 6.46. The average Bonchev–Trinajstić information content (AvgIpc) is 3.08. The molecule has 0 spiro atoms. The maximum absolute atomic E-state index is 14.9. The van der Waals surface area contributed by atoms with E-state index in [1.54, 1.807) is 36.4 Å². The summed E-state index contributed by atoms with van der Waals surface area (Å²) in [6.07, 6.45) is 0. The van der Waals surface area contributed by atoms with Gasteiger partial charge < -0.3 is 19.5 Å². The van der Waals surface area contributed by atoms with Crippen LogP contribution in [0, 0.1) is 5.82 Å². The van der Waals surface area contributed by atoms with E-state index >= 15 is 0 Å². The molecule has 174 valence electrons. The summed E-state index contributed by atoms with van der Waals surface area (Å²) >= 11 is 0. The Morgan fingerprint density at radius 2 is 1.88 bits per heavy atom. The van der Waals surface area contributed by atoms with Crippen molar-refractivity contribution in [2.75, 3.05) is 46.0 Å². The van der Waals surface area contributed by atoms with Gasteiger partial charge in [0.25, 0.3) is 11.7 Å². The molecule has 33 heavy (non-hydrogen) atoms. The summed E-state index contributed by atoms with van der Waals surface area (Å²) in [5.41, 5.74) is 0.371. The van der Waals surface area contributed by atoms with Crippen LogP contribution in [0.5, 0.6) is 5.75 Å². The van der Waals surface area contributed by atoms with Crippen LogP contribution < -0.4 is 4.74 Å². The zero-order valence-corrected chi connectivity index (χ0v) is 18.5. The van der Waals surface area contributed by atoms with Gasteiger partial charge in [0.1, 0.15) is 17.3 Å². The summed E-state index contributed by atoms with van der Waals surface area (Å²) in [4.78, 5) is 29.6. The topological polar surface area (TPSA) is 79.3 Å². The lowest BCUT2D eigenvalue weighted by Crippen LogP contribution is -2.42. The number of ether oxygens (including phenoxy) is 2. The van der Waals surface area contributed by atoms with Gasteiger partial charge in [0.2, 0.25) is 0 Å². The number of halogens is 1. The van der Waals surface area contributed by atoms with E-state index < -0.39 is 23.5 Å². The van der Waals surface area contributed by atoms with Gasteiger partial charge in [-0.2, -0.15) is 0 Å². The van der Waals surface area contributed by atoms with Crippen molar-refractivity contribution in [3.05, 3.63) is 71.0 Å². The third-order valence-corrected chi connectivity index (χ3v) is 5.92. The zero-order chi connectivity index (χ0) is 23.4. The summed E-state index contributed by atoms with van der Waals surface area (Å²) in [6, 6.07) is 11.6. The first-order chi connectivity index (χ1) is 16.0. The highest BCUT2D eigenvalue weighted by atomic mass is 19.1. The minimum Gasteiger partial charge on any atom is -0.507 e. The molecular formula is C25H27FN2O5. The van der Waals surface area contributed by atoms with Gasteiger partial charge in [0.05, 0.1) is 31.4 Å². The van der Waals surface area contributed by atoms with Crippen LogP contribution in [0.1, 0.15) is 24.1 Å². The van der Waals surface area contributed by atoms with Gasteiger partial charge in [-0.3, -0.25) is 14.5 Å². The van der Waals surface area contributed by atoms with E-state index in [1.807, 2.05) is 6.92 Å². The fourth-order valence-corrected chi connectivity index (χ4v) is 4.26. The summed E-state index contributed by atoms with van der Waals surface area (Å²) < 4.78 is 25.7. The van der Waals surface area contributed by atoms with E-state index in [1.165, 1.54) is 17.0 Å². The molecule has 2 aromatic carbocycles. The molecule has 2 saturated heterocycles. The Morgan fingerprint density at radius 3 is 2.61 bits per heavy atom. The number of hydrogen-bond acceptors (Lipinski definition) is 6. The molecule has 1 amide bonds. The Balaban J connectivity index is 1.75. The normalized spacial score (nSPS) is 20.9. The second-order valence-electron chi connectivity index (χ2n) is 7.93. The smallest absolute Gasteiger partial charge is 0.295 e. The predicted octanol–water partition coefficient (Wildman–Crippen LogP) is 2.98. The van der Waals surface area contributed by atoms with E-state index in [2.05, 4.69) is 4.90 Å². The van der Waals surface area contributed by atoms with Crippen LogP contribution in [-0.2, 0) is 14.3 Å². The lowest BCUT2D eigenvalue weighted by molar-refractivity contribution is -0.140. The van der Waals surface area contributed by atoms with Gasteiger partial charge in [0.15, 0.2) is 0 Å². The maximum Gasteiger partial charge on any atom is 0.295 e. The standard InChI is InChI=1S/C25H27FN2O5/c1-2-33-18-7-5-6-17(16-18)23(29)21-22(19-8-3-4-9-20(19)26)28(25(31)24(21)30)11-10-27-12-14-32-15-13-27/h3-9,16,22,29H,2,10-15H2,1H3. The van der Waals surface area contributed by atoms with E-state index in [-0.39, 0.29) is 23.4 Å². The van der Waals surface area contributed by atoms with Crippen LogP contribution in [0.4, 0.5) is 4.39 Å². The first kappa shape index (κ1) is 22.9. The van der Waals surface area contributed by atoms with Crippen LogP contribution in [-0.4, -0.2) is 72.6 Å². The van der Waals surface area contributed by atoms with Gasteiger partial charge in [-0.25, -0.2) is 4.39 Å². The molecule has 2 fully saturated rings. The number of rotatable bonds is 7. The molecule has 0 aliphatic carbocycles. The molecule has 2 heterocycles. The molecule has 1 atom stereocenters. The van der Waals surface area contributed by atoms with E-state index in [0.717, 1.165) is 13.1 Å². The van der Waals surface area contributed by atoms with E-state index in [4.69, 9.17) is 9.47 Å². The van der Waals surface area contributed by atoms with Crippen LogP contribution >= 0.6 is 0 Å². The molecule has 0 radical (unpaired) electrons. The number of carbonyl (C=O) groups excluding carboxylic acids is 2. The van der Waals surface area contributed by atoms with Crippen LogP contribution in [0.3, 0.4) is 0 Å². The number of likely N-dealkylation sites (tertiary alicyclic amines) is 1. The Bertz CT molecular complexity index is 1060. The summed E-state index contributed by atoms with van der Waals surface area (Å²) in [5, 5.41) is 11.1. The molecule has 8 heteroatoms. The zero-order valence-electron chi connectivity index (χ0n) is 18.5. The van der Waals surface area contributed by atoms with Crippen LogP contribution in [0.25, 0.3) is 5.76 Å². The van der Waals surface area contributed by atoms with Crippen molar-refractivity contribution in [2.45, 2.75) is 13.0 Å². The van der Waals surface area contributed by atoms with Crippen LogP contribution in [0.15, 0.2) is 54.1 Å². The minimum atomic E-state index is -1.03. The SMILES string of the molecule is CCOc1cccc(C(O)=C2C(=O)C(=O)N(CCN3CCOCC3)C2c2ccccc2F)c1.